The maximum atomic E-state index is 12.6. The topological polar surface area (TPSA) is 71.8 Å². The number of halogens is 1. The van der Waals surface area contributed by atoms with E-state index in [1.807, 2.05) is 18.6 Å². The van der Waals surface area contributed by atoms with Crippen molar-refractivity contribution in [2.24, 2.45) is 7.05 Å². The van der Waals surface area contributed by atoms with Crippen LogP contribution in [-0.2, 0) is 11.8 Å². The minimum Gasteiger partial charge on any atom is -0.305 e. The van der Waals surface area contributed by atoms with Crippen LogP contribution in [0.2, 0.25) is 0 Å². The fourth-order valence-electron chi connectivity index (χ4n) is 2.77. The van der Waals surface area contributed by atoms with Crippen molar-refractivity contribution in [1.82, 2.24) is 20.1 Å². The number of hydrogen-bond acceptors (Lipinski definition) is 5. The van der Waals surface area contributed by atoms with Gasteiger partial charge in [-0.05, 0) is 26.5 Å². The van der Waals surface area contributed by atoms with Crippen LogP contribution in [0.15, 0.2) is 36.0 Å². The van der Waals surface area contributed by atoms with E-state index in [2.05, 4.69) is 52.8 Å². The first-order chi connectivity index (χ1) is 12.0. The second-order valence-corrected chi connectivity index (χ2v) is 6.87. The van der Waals surface area contributed by atoms with E-state index in [4.69, 9.17) is 0 Å². The number of nitrogens with one attached hydrogen (secondary N) is 2. The highest BCUT2D eigenvalue weighted by molar-refractivity contribution is 7.14. The highest BCUT2D eigenvalue weighted by Gasteiger charge is 2.21. The molecule has 0 aliphatic rings. The average molecular weight is 392 g/mol. The van der Waals surface area contributed by atoms with Gasteiger partial charge < -0.3 is 10.6 Å². The summed E-state index contributed by atoms with van der Waals surface area (Å²) in [6.45, 7) is 4.14. The predicted octanol–water partition coefficient (Wildman–Crippen LogP) is 3.48. The smallest absolute Gasteiger partial charge is 0.247 e. The molecule has 0 saturated carbocycles. The fourth-order valence-corrected chi connectivity index (χ4v) is 3.49. The van der Waals surface area contributed by atoms with E-state index in [1.165, 1.54) is 22.5 Å². The first-order valence-electron chi connectivity index (χ1n) is 7.97. The Morgan fingerprint density at radius 2 is 2.08 bits per heavy atom. The monoisotopic (exact) mass is 391 g/mol. The van der Waals surface area contributed by atoms with Crippen LogP contribution in [0.5, 0.6) is 0 Å². The van der Waals surface area contributed by atoms with Gasteiger partial charge in [0.25, 0.3) is 0 Å². The molecule has 2 aromatic heterocycles. The summed E-state index contributed by atoms with van der Waals surface area (Å²) in [5.41, 5.74) is 5.17. The molecule has 3 rings (SSSR count). The minimum atomic E-state index is -0.470. The van der Waals surface area contributed by atoms with Crippen LogP contribution >= 0.6 is 23.7 Å². The summed E-state index contributed by atoms with van der Waals surface area (Å²) < 4.78 is 1.68. The maximum Gasteiger partial charge on any atom is 0.247 e. The van der Waals surface area contributed by atoms with Gasteiger partial charge in [-0.2, -0.15) is 5.10 Å². The summed E-state index contributed by atoms with van der Waals surface area (Å²) in [5, 5.41) is 12.6. The summed E-state index contributed by atoms with van der Waals surface area (Å²) in [7, 11) is 3.57. The van der Waals surface area contributed by atoms with Gasteiger partial charge in [0.2, 0.25) is 5.91 Å². The Bertz CT molecular complexity index is 905. The number of carbonyl (C=O) groups is 1. The highest BCUT2D eigenvalue weighted by atomic mass is 35.5. The second-order valence-electron chi connectivity index (χ2n) is 6.01. The zero-order valence-electron chi connectivity index (χ0n) is 15.1. The molecule has 0 bridgehead atoms. The van der Waals surface area contributed by atoms with Gasteiger partial charge in [0.15, 0.2) is 5.13 Å². The molecule has 3 aromatic rings. The number of anilines is 1. The number of carbonyl (C=O) groups excluding carboxylic acids is 1. The minimum absolute atomic E-state index is 0. The van der Waals surface area contributed by atoms with Crippen LogP contribution in [0.25, 0.3) is 11.3 Å². The molecule has 2 heterocycles. The highest BCUT2D eigenvalue weighted by Crippen LogP contribution is 2.28. The molecule has 1 aromatic carbocycles. The van der Waals surface area contributed by atoms with Crippen LogP contribution in [-0.4, -0.2) is 27.7 Å². The molecule has 0 spiro atoms. The van der Waals surface area contributed by atoms with E-state index in [0.29, 0.717) is 5.13 Å². The molecule has 1 unspecified atom stereocenters. The molecule has 1 atom stereocenters. The zero-order valence-corrected chi connectivity index (χ0v) is 16.7. The number of hydrogen-bond donors (Lipinski definition) is 2. The first kappa shape index (κ1) is 20.1. The lowest BCUT2D eigenvalue weighted by molar-refractivity contribution is -0.118. The molecular formula is C18H22ClN5OS. The van der Waals surface area contributed by atoms with E-state index in [1.54, 1.807) is 17.9 Å². The number of aromatic nitrogens is 3. The van der Waals surface area contributed by atoms with Gasteiger partial charge in [-0.1, -0.05) is 23.8 Å². The van der Waals surface area contributed by atoms with Crippen molar-refractivity contribution in [3.8, 4) is 11.3 Å². The molecule has 0 fully saturated rings. The molecule has 0 saturated heterocycles. The third kappa shape index (κ3) is 4.30. The standard InChI is InChI=1S/C18H21N5OS.ClH/c1-11-5-6-14(12(2)7-11)15-10-25-18(21-15)22-17(24)16(19-3)13-8-20-23(4)9-13;/h5-10,16,19H,1-4H3,(H,21,22,24);1H. The summed E-state index contributed by atoms with van der Waals surface area (Å²) >= 11 is 1.42. The predicted molar refractivity (Wildman–Crippen MR) is 108 cm³/mol. The summed E-state index contributed by atoms with van der Waals surface area (Å²) in [6.07, 6.45) is 3.51. The molecule has 138 valence electrons. The normalized spacial score (nSPS) is 11.7. The fraction of sp³-hybridized carbons (Fsp3) is 0.278. The molecule has 8 heteroatoms. The summed E-state index contributed by atoms with van der Waals surface area (Å²) in [6, 6.07) is 5.80. The van der Waals surface area contributed by atoms with E-state index in [9.17, 15) is 4.79 Å². The van der Waals surface area contributed by atoms with Crippen molar-refractivity contribution < 1.29 is 4.79 Å². The summed E-state index contributed by atoms with van der Waals surface area (Å²) in [4.78, 5) is 17.1. The van der Waals surface area contributed by atoms with Gasteiger partial charge in [-0.15, -0.1) is 23.7 Å². The number of aryl methyl sites for hydroxylation is 3. The van der Waals surface area contributed by atoms with Crippen molar-refractivity contribution in [3.63, 3.8) is 0 Å². The van der Waals surface area contributed by atoms with Crippen LogP contribution in [0.1, 0.15) is 22.7 Å². The van der Waals surface area contributed by atoms with Crippen molar-refractivity contribution in [1.29, 1.82) is 0 Å². The lowest BCUT2D eigenvalue weighted by Gasteiger charge is -2.13. The number of rotatable bonds is 5. The maximum absolute atomic E-state index is 12.6. The molecule has 26 heavy (non-hydrogen) atoms. The largest absolute Gasteiger partial charge is 0.305 e. The van der Waals surface area contributed by atoms with Crippen molar-refractivity contribution in [2.75, 3.05) is 12.4 Å². The Labute approximate surface area is 163 Å². The molecule has 0 aliphatic carbocycles. The van der Waals surface area contributed by atoms with Crippen LogP contribution in [0.4, 0.5) is 5.13 Å². The average Bonchev–Trinajstić information content (AvgIpc) is 3.18. The SMILES string of the molecule is CNC(C(=O)Nc1nc(-c2ccc(C)cc2C)cs1)c1cnn(C)c1.Cl. The Kier molecular flexibility index (Phi) is 6.52. The van der Waals surface area contributed by atoms with Crippen molar-refractivity contribution >= 4 is 34.8 Å². The Morgan fingerprint density at radius 1 is 1.31 bits per heavy atom. The van der Waals surface area contributed by atoms with Gasteiger partial charge in [-0.25, -0.2) is 4.98 Å². The van der Waals surface area contributed by atoms with Crippen LogP contribution in [0, 0.1) is 13.8 Å². The molecule has 0 aliphatic heterocycles. The molecule has 6 nitrogen and oxygen atoms in total. The van der Waals surface area contributed by atoms with Crippen LogP contribution < -0.4 is 10.6 Å². The number of benzene rings is 1. The number of amides is 1. The van der Waals surface area contributed by atoms with Crippen LogP contribution in [0.3, 0.4) is 0 Å². The molecular weight excluding hydrogens is 370 g/mol. The van der Waals surface area contributed by atoms with Gasteiger partial charge >= 0.3 is 0 Å². The Morgan fingerprint density at radius 3 is 2.69 bits per heavy atom. The molecule has 1 amide bonds. The van der Waals surface area contributed by atoms with E-state index in [-0.39, 0.29) is 18.3 Å². The van der Waals surface area contributed by atoms with Gasteiger partial charge in [0.05, 0.1) is 11.9 Å². The number of nitrogens with zero attached hydrogens (tertiary/aromatic N) is 3. The van der Waals surface area contributed by atoms with E-state index < -0.39 is 6.04 Å². The van der Waals surface area contributed by atoms with Gasteiger partial charge in [-0.3, -0.25) is 9.48 Å². The number of thiazole rings is 1. The lowest BCUT2D eigenvalue weighted by Crippen LogP contribution is -2.30. The zero-order chi connectivity index (χ0) is 18.0. The van der Waals surface area contributed by atoms with Gasteiger partial charge in [0.1, 0.15) is 6.04 Å². The first-order valence-corrected chi connectivity index (χ1v) is 8.85. The van der Waals surface area contributed by atoms with E-state index >= 15 is 0 Å². The van der Waals surface area contributed by atoms with Crippen molar-refractivity contribution in [2.45, 2.75) is 19.9 Å². The molecule has 2 N–H and O–H groups in total. The lowest BCUT2D eigenvalue weighted by atomic mass is 10.0. The van der Waals surface area contributed by atoms with Crippen molar-refractivity contribution in [3.05, 3.63) is 52.7 Å². The third-order valence-electron chi connectivity index (χ3n) is 4.00. The third-order valence-corrected chi connectivity index (χ3v) is 4.76. The Balaban J connectivity index is 0.00000243. The summed E-state index contributed by atoms with van der Waals surface area (Å²) in [5.74, 6) is -0.156. The second kappa shape index (κ2) is 8.44. The molecule has 0 radical (unpaired) electrons. The number of likely N-dealkylation sites (N-methyl/N-ethyl adjacent to an activating group) is 1. The van der Waals surface area contributed by atoms with Gasteiger partial charge in [0, 0.05) is 29.8 Å². The quantitative estimate of drug-likeness (QED) is 0.698. The Hall–Kier alpha value is -2.22. The van der Waals surface area contributed by atoms with E-state index in [0.717, 1.165) is 16.8 Å².